The predicted octanol–water partition coefficient (Wildman–Crippen LogP) is 3.53. The van der Waals surface area contributed by atoms with E-state index in [1.165, 1.54) is 0 Å². The van der Waals surface area contributed by atoms with Gasteiger partial charge in [0.15, 0.2) is 0 Å². The average Bonchev–Trinajstić information content (AvgIpc) is 3.15. The standard InChI is InChI=1S/C20H22N4O2/c1-15(2)18(14-24-21-12-13-22-24)23-20(25)17-10-6-7-11-19(17)26-16-8-4-3-5-9-16/h3-13,15,18H,14H2,1-2H3,(H,23,25). The Morgan fingerprint density at radius 1 is 1.04 bits per heavy atom. The summed E-state index contributed by atoms with van der Waals surface area (Å²) in [5, 5.41) is 11.3. The van der Waals surface area contributed by atoms with Crippen molar-refractivity contribution in [2.45, 2.75) is 26.4 Å². The summed E-state index contributed by atoms with van der Waals surface area (Å²) in [6.07, 6.45) is 3.25. The first-order valence-electron chi connectivity index (χ1n) is 8.60. The van der Waals surface area contributed by atoms with Gasteiger partial charge in [0.05, 0.1) is 30.5 Å². The molecule has 1 heterocycles. The minimum atomic E-state index is -0.178. The van der Waals surface area contributed by atoms with Gasteiger partial charge >= 0.3 is 0 Å². The second-order valence-electron chi connectivity index (χ2n) is 6.32. The van der Waals surface area contributed by atoms with Crippen molar-refractivity contribution in [3.8, 4) is 11.5 Å². The van der Waals surface area contributed by atoms with Crippen LogP contribution in [0.1, 0.15) is 24.2 Å². The largest absolute Gasteiger partial charge is 0.457 e. The molecule has 3 aromatic rings. The molecule has 0 aliphatic rings. The fraction of sp³-hybridized carbons (Fsp3) is 0.250. The van der Waals surface area contributed by atoms with E-state index in [0.29, 0.717) is 23.6 Å². The van der Waals surface area contributed by atoms with E-state index < -0.39 is 0 Å². The number of para-hydroxylation sites is 2. The molecule has 0 saturated heterocycles. The zero-order chi connectivity index (χ0) is 18.4. The Balaban J connectivity index is 1.76. The van der Waals surface area contributed by atoms with E-state index in [9.17, 15) is 4.79 Å². The molecule has 134 valence electrons. The van der Waals surface area contributed by atoms with Gasteiger partial charge in [-0.3, -0.25) is 4.79 Å². The van der Waals surface area contributed by atoms with Crippen molar-refractivity contribution in [2.75, 3.05) is 0 Å². The lowest BCUT2D eigenvalue weighted by Gasteiger charge is -2.22. The van der Waals surface area contributed by atoms with Crippen molar-refractivity contribution >= 4 is 5.91 Å². The molecule has 6 heteroatoms. The normalized spacial score (nSPS) is 12.0. The fourth-order valence-corrected chi connectivity index (χ4v) is 2.54. The van der Waals surface area contributed by atoms with Crippen LogP contribution < -0.4 is 10.1 Å². The van der Waals surface area contributed by atoms with Crippen molar-refractivity contribution < 1.29 is 9.53 Å². The number of nitrogens with one attached hydrogen (secondary N) is 1. The number of hydrogen-bond acceptors (Lipinski definition) is 4. The van der Waals surface area contributed by atoms with Gasteiger partial charge in [0.1, 0.15) is 11.5 Å². The van der Waals surface area contributed by atoms with Gasteiger partial charge in [-0.15, -0.1) is 0 Å². The van der Waals surface area contributed by atoms with E-state index >= 15 is 0 Å². The van der Waals surface area contributed by atoms with Gasteiger partial charge in [0.2, 0.25) is 0 Å². The van der Waals surface area contributed by atoms with E-state index in [2.05, 4.69) is 29.4 Å². The number of ether oxygens (including phenoxy) is 1. The minimum absolute atomic E-state index is 0.0975. The van der Waals surface area contributed by atoms with E-state index in [-0.39, 0.29) is 17.9 Å². The van der Waals surface area contributed by atoms with Crippen molar-refractivity contribution in [1.82, 2.24) is 20.3 Å². The van der Waals surface area contributed by atoms with Crippen LogP contribution in [-0.2, 0) is 6.54 Å². The first-order chi connectivity index (χ1) is 12.6. The van der Waals surface area contributed by atoms with Crippen LogP contribution >= 0.6 is 0 Å². The number of hydrogen-bond donors (Lipinski definition) is 1. The monoisotopic (exact) mass is 350 g/mol. The first kappa shape index (κ1) is 17.7. The molecule has 6 nitrogen and oxygen atoms in total. The maximum atomic E-state index is 12.9. The number of nitrogens with zero attached hydrogens (tertiary/aromatic N) is 3. The zero-order valence-electron chi connectivity index (χ0n) is 14.9. The van der Waals surface area contributed by atoms with Crippen molar-refractivity contribution in [1.29, 1.82) is 0 Å². The highest BCUT2D eigenvalue weighted by molar-refractivity contribution is 5.97. The number of rotatable bonds is 7. The lowest BCUT2D eigenvalue weighted by atomic mass is 10.0. The highest BCUT2D eigenvalue weighted by Crippen LogP contribution is 2.25. The topological polar surface area (TPSA) is 69.0 Å². The van der Waals surface area contributed by atoms with Crippen LogP contribution in [0, 0.1) is 5.92 Å². The quantitative estimate of drug-likeness (QED) is 0.708. The first-order valence-corrected chi connectivity index (χ1v) is 8.60. The van der Waals surface area contributed by atoms with Gasteiger partial charge in [-0.1, -0.05) is 44.2 Å². The SMILES string of the molecule is CC(C)C(Cn1nccn1)NC(=O)c1ccccc1Oc1ccccc1. The summed E-state index contributed by atoms with van der Waals surface area (Å²) in [5.74, 6) is 1.26. The molecule has 0 radical (unpaired) electrons. The van der Waals surface area contributed by atoms with Crippen LogP contribution in [-0.4, -0.2) is 26.9 Å². The molecule has 0 aliphatic carbocycles. The molecule has 0 fully saturated rings. The Hall–Kier alpha value is -3.15. The zero-order valence-corrected chi connectivity index (χ0v) is 14.9. The smallest absolute Gasteiger partial charge is 0.255 e. The van der Waals surface area contributed by atoms with E-state index in [1.54, 1.807) is 29.3 Å². The molecule has 3 rings (SSSR count). The number of carbonyl (C=O) groups excluding carboxylic acids is 1. The van der Waals surface area contributed by atoms with Crippen LogP contribution in [0.3, 0.4) is 0 Å². The molecule has 2 aromatic carbocycles. The molecular weight excluding hydrogens is 328 g/mol. The van der Waals surface area contributed by atoms with E-state index in [0.717, 1.165) is 0 Å². The lowest BCUT2D eigenvalue weighted by molar-refractivity contribution is 0.0915. The van der Waals surface area contributed by atoms with Gasteiger partial charge in [-0.2, -0.15) is 15.0 Å². The maximum absolute atomic E-state index is 12.9. The van der Waals surface area contributed by atoms with Crippen molar-refractivity contribution in [2.24, 2.45) is 5.92 Å². The summed E-state index contributed by atoms with van der Waals surface area (Å²) in [6, 6.07) is 16.5. The minimum Gasteiger partial charge on any atom is -0.457 e. The lowest BCUT2D eigenvalue weighted by Crippen LogP contribution is -2.42. The van der Waals surface area contributed by atoms with Crippen LogP contribution in [0.4, 0.5) is 0 Å². The van der Waals surface area contributed by atoms with Crippen LogP contribution in [0.2, 0.25) is 0 Å². The summed E-state index contributed by atoms with van der Waals surface area (Å²) in [6.45, 7) is 4.62. The van der Waals surface area contributed by atoms with Gasteiger partial charge in [0.25, 0.3) is 5.91 Å². The van der Waals surface area contributed by atoms with Gasteiger partial charge in [-0.05, 0) is 30.2 Å². The van der Waals surface area contributed by atoms with Gasteiger partial charge < -0.3 is 10.1 Å². The van der Waals surface area contributed by atoms with Crippen molar-refractivity contribution in [3.05, 3.63) is 72.6 Å². The third-order valence-electron chi connectivity index (χ3n) is 4.05. The molecule has 0 saturated carbocycles. The Morgan fingerprint density at radius 2 is 1.69 bits per heavy atom. The summed E-state index contributed by atoms with van der Waals surface area (Å²) < 4.78 is 5.89. The molecule has 1 unspecified atom stereocenters. The second kappa shape index (κ2) is 8.29. The summed E-state index contributed by atoms with van der Waals surface area (Å²) >= 11 is 0. The third kappa shape index (κ3) is 4.47. The van der Waals surface area contributed by atoms with Gasteiger partial charge in [0, 0.05) is 0 Å². The summed E-state index contributed by atoms with van der Waals surface area (Å²) in [5.41, 5.74) is 0.496. The fourth-order valence-electron chi connectivity index (χ4n) is 2.54. The molecular formula is C20H22N4O2. The molecule has 0 spiro atoms. The number of amides is 1. The average molecular weight is 350 g/mol. The molecule has 1 aromatic heterocycles. The second-order valence-corrected chi connectivity index (χ2v) is 6.32. The van der Waals surface area contributed by atoms with E-state index in [4.69, 9.17) is 4.74 Å². The third-order valence-corrected chi connectivity index (χ3v) is 4.05. The Bertz CT molecular complexity index is 832. The Morgan fingerprint density at radius 3 is 2.38 bits per heavy atom. The Kier molecular flexibility index (Phi) is 5.63. The van der Waals surface area contributed by atoms with Crippen molar-refractivity contribution in [3.63, 3.8) is 0 Å². The molecule has 0 bridgehead atoms. The number of carbonyl (C=O) groups is 1. The van der Waals surface area contributed by atoms with Crippen LogP contribution in [0.5, 0.6) is 11.5 Å². The van der Waals surface area contributed by atoms with Crippen LogP contribution in [0.25, 0.3) is 0 Å². The molecule has 26 heavy (non-hydrogen) atoms. The maximum Gasteiger partial charge on any atom is 0.255 e. The number of benzene rings is 2. The van der Waals surface area contributed by atoms with Crippen LogP contribution in [0.15, 0.2) is 67.0 Å². The molecule has 0 aliphatic heterocycles. The molecule has 1 atom stereocenters. The number of aromatic nitrogens is 3. The molecule has 1 N–H and O–H groups in total. The molecule has 1 amide bonds. The summed E-state index contributed by atoms with van der Waals surface area (Å²) in [4.78, 5) is 14.4. The van der Waals surface area contributed by atoms with Gasteiger partial charge in [-0.25, -0.2) is 0 Å². The highest BCUT2D eigenvalue weighted by atomic mass is 16.5. The van der Waals surface area contributed by atoms with E-state index in [1.807, 2.05) is 42.5 Å². The highest BCUT2D eigenvalue weighted by Gasteiger charge is 2.20. The Labute approximate surface area is 152 Å². The summed E-state index contributed by atoms with van der Waals surface area (Å²) in [7, 11) is 0. The predicted molar refractivity (Wildman–Crippen MR) is 99.1 cm³/mol.